The van der Waals surface area contributed by atoms with Gasteiger partial charge in [0, 0.05) is 74.4 Å². The quantitative estimate of drug-likeness (QED) is 0.0914. The first kappa shape index (κ1) is 44.1. The van der Waals surface area contributed by atoms with Gasteiger partial charge in [-0.2, -0.15) is 0 Å². The average molecular weight is 849 g/mol. The molecule has 0 unspecified atom stereocenters. The summed E-state index contributed by atoms with van der Waals surface area (Å²) in [5, 5.41) is 0. The first-order chi connectivity index (χ1) is 29.3. The van der Waals surface area contributed by atoms with E-state index in [1.54, 1.807) is 0 Å². The zero-order valence-electron chi connectivity index (χ0n) is 31.6. The molecular weight excluding hydrogens is 816 g/mol. The van der Waals surface area contributed by atoms with E-state index in [2.05, 4.69) is 29.9 Å². The Labute approximate surface area is 352 Å². The summed E-state index contributed by atoms with van der Waals surface area (Å²) in [6.45, 7) is -1.71. The second-order valence-electron chi connectivity index (χ2n) is 12.3. The molecule has 61 heavy (non-hydrogen) atoms. The van der Waals surface area contributed by atoms with Crippen LogP contribution in [0.4, 0.5) is 0 Å². The van der Waals surface area contributed by atoms with Crippen LogP contribution in [0.5, 0.6) is 0 Å². The first-order valence-corrected chi connectivity index (χ1v) is 17.8. The van der Waals surface area contributed by atoms with Crippen LogP contribution in [-0.2, 0) is 28.4 Å². The monoisotopic (exact) mass is 848 g/mol. The number of ether oxygens (including phenoxy) is 6. The maximum absolute atomic E-state index is 14.0. The van der Waals surface area contributed by atoms with Crippen molar-refractivity contribution < 1.29 is 57.2 Å². The van der Waals surface area contributed by atoms with Gasteiger partial charge in [-0.1, -0.05) is 0 Å². The fourth-order valence-corrected chi connectivity index (χ4v) is 5.28. The number of esters is 6. The molecule has 0 amide bonds. The summed E-state index contributed by atoms with van der Waals surface area (Å²) in [5.74, 6) is -6.15. The maximum atomic E-state index is 14.0. The van der Waals surface area contributed by atoms with E-state index in [1.165, 1.54) is 147 Å². The van der Waals surface area contributed by atoms with Gasteiger partial charge in [0.15, 0.2) is 24.4 Å². The van der Waals surface area contributed by atoms with Crippen LogP contribution in [-0.4, -0.2) is 103 Å². The summed E-state index contributed by atoms with van der Waals surface area (Å²) in [5.41, 5.74) is -0.375. The molecule has 6 aromatic rings. The Balaban J connectivity index is 0.00000704. The van der Waals surface area contributed by atoms with E-state index in [-0.39, 0.29) is 45.8 Å². The zero-order valence-corrected chi connectivity index (χ0v) is 32.4. The lowest BCUT2D eigenvalue weighted by Gasteiger charge is -2.35. The van der Waals surface area contributed by atoms with Gasteiger partial charge < -0.3 is 28.4 Å². The predicted octanol–water partition coefficient (Wildman–Crippen LogP) is 4.39. The number of pyridine rings is 6. The van der Waals surface area contributed by atoms with E-state index in [0.29, 0.717) is 0 Å². The molecule has 18 nitrogen and oxygen atoms in total. The molecule has 19 heteroatoms. The van der Waals surface area contributed by atoms with Gasteiger partial charge in [0.05, 0.1) is 33.4 Å². The fourth-order valence-electron chi connectivity index (χ4n) is 5.28. The Kier molecular flexibility index (Phi) is 16.1. The molecule has 0 N–H and O–H groups in total. The summed E-state index contributed by atoms with van der Waals surface area (Å²) >= 11 is 0. The van der Waals surface area contributed by atoms with Crippen LogP contribution in [0.2, 0.25) is 0 Å². The van der Waals surface area contributed by atoms with Crippen molar-refractivity contribution in [2.75, 3.05) is 13.2 Å². The van der Waals surface area contributed by atoms with Gasteiger partial charge in [-0.3, -0.25) is 29.9 Å². The second kappa shape index (κ2) is 22.2. The molecular formula is C42H33ClN6O12. The van der Waals surface area contributed by atoms with Crippen molar-refractivity contribution in [1.29, 1.82) is 0 Å². The molecule has 0 saturated heterocycles. The van der Waals surface area contributed by atoms with Crippen molar-refractivity contribution >= 4 is 48.2 Å². The molecule has 6 rings (SSSR count). The third kappa shape index (κ3) is 12.5. The summed E-state index contributed by atoms with van der Waals surface area (Å²) < 4.78 is 35.0. The van der Waals surface area contributed by atoms with Crippen LogP contribution < -0.4 is 0 Å². The van der Waals surface area contributed by atoms with Crippen LogP contribution in [0, 0.1) is 0 Å². The number of nitrogens with zero attached hydrogens (tertiary/aromatic N) is 6. The van der Waals surface area contributed by atoms with Gasteiger partial charge in [0.1, 0.15) is 13.2 Å². The highest BCUT2D eigenvalue weighted by Gasteiger charge is 2.46. The normalized spacial score (nSPS) is 12.4. The van der Waals surface area contributed by atoms with E-state index in [4.69, 9.17) is 28.4 Å². The summed E-state index contributed by atoms with van der Waals surface area (Å²) in [7, 11) is 0. The van der Waals surface area contributed by atoms with Crippen molar-refractivity contribution in [3.8, 4) is 0 Å². The van der Waals surface area contributed by atoms with Gasteiger partial charge >= 0.3 is 35.8 Å². The number of carbonyl (C=O) groups is 6. The number of hydrogen-bond donors (Lipinski definition) is 0. The van der Waals surface area contributed by atoms with Crippen LogP contribution in [0.3, 0.4) is 0 Å². The first-order valence-electron chi connectivity index (χ1n) is 17.8. The molecule has 0 spiro atoms. The van der Waals surface area contributed by atoms with Crippen LogP contribution >= 0.6 is 12.4 Å². The van der Waals surface area contributed by atoms with Crippen molar-refractivity contribution in [3.05, 3.63) is 181 Å². The number of rotatable bonds is 17. The Morgan fingerprint density at radius 3 is 0.820 bits per heavy atom. The van der Waals surface area contributed by atoms with E-state index in [1.807, 2.05) is 0 Å². The van der Waals surface area contributed by atoms with E-state index >= 15 is 0 Å². The van der Waals surface area contributed by atoms with Crippen LogP contribution in [0.25, 0.3) is 0 Å². The molecule has 0 aliphatic carbocycles. The number of halogens is 1. The van der Waals surface area contributed by atoms with E-state index < -0.39 is 73.4 Å². The minimum Gasteiger partial charge on any atom is -0.458 e. The highest BCUT2D eigenvalue weighted by Crippen LogP contribution is 2.25. The third-order valence-electron chi connectivity index (χ3n) is 8.20. The van der Waals surface area contributed by atoms with Gasteiger partial charge in [0.25, 0.3) is 0 Å². The maximum Gasteiger partial charge on any atom is 0.340 e. The minimum atomic E-state index is -2.02. The molecule has 0 aromatic carbocycles. The Bertz CT molecular complexity index is 2210. The summed E-state index contributed by atoms with van der Waals surface area (Å²) in [6, 6.07) is 17.1. The van der Waals surface area contributed by atoms with Crippen LogP contribution in [0.1, 0.15) is 62.1 Å². The average Bonchev–Trinajstić information content (AvgIpc) is 3.31. The molecule has 6 heterocycles. The summed E-state index contributed by atoms with van der Waals surface area (Å²) in [6.07, 6.45) is 7.86. The molecule has 0 radical (unpaired) electrons. The van der Waals surface area contributed by atoms with Crippen molar-refractivity contribution in [2.24, 2.45) is 0 Å². The topological polar surface area (TPSA) is 235 Å². The van der Waals surface area contributed by atoms with Gasteiger partial charge in [-0.15, -0.1) is 12.4 Å². The van der Waals surface area contributed by atoms with Crippen molar-refractivity contribution in [2.45, 2.75) is 24.4 Å². The molecule has 0 fully saturated rings. The molecule has 6 aromatic heterocycles. The highest BCUT2D eigenvalue weighted by molar-refractivity contribution is 5.92. The lowest BCUT2D eigenvalue weighted by Crippen LogP contribution is -2.54. The lowest BCUT2D eigenvalue weighted by molar-refractivity contribution is -0.138. The van der Waals surface area contributed by atoms with Crippen molar-refractivity contribution in [3.63, 3.8) is 0 Å². The SMILES string of the molecule is Cl.O=C(OC[C@H](OC(=O)c1cccnc1)[C@@H](OC(=O)c1cccnc1)[C@H](OC(=O)c1cccnc1)[C@@H](COC(=O)c1cccnc1)OC(=O)c1cccnc1)c1cccnc1. The third-order valence-corrected chi connectivity index (χ3v) is 8.20. The Morgan fingerprint density at radius 1 is 0.361 bits per heavy atom. The molecule has 0 aliphatic heterocycles. The molecule has 0 bridgehead atoms. The number of aromatic nitrogens is 6. The number of hydrogen-bond acceptors (Lipinski definition) is 18. The summed E-state index contributed by atoms with van der Waals surface area (Å²) in [4.78, 5) is 106. The minimum absolute atomic E-state index is 0. The van der Waals surface area contributed by atoms with Crippen molar-refractivity contribution in [1.82, 2.24) is 29.9 Å². The smallest absolute Gasteiger partial charge is 0.340 e. The predicted molar refractivity (Wildman–Crippen MR) is 210 cm³/mol. The van der Waals surface area contributed by atoms with Gasteiger partial charge in [-0.25, -0.2) is 28.8 Å². The van der Waals surface area contributed by atoms with Gasteiger partial charge in [0.2, 0.25) is 0 Å². The molecule has 310 valence electrons. The Morgan fingerprint density at radius 2 is 0.590 bits per heavy atom. The second-order valence-corrected chi connectivity index (χ2v) is 12.3. The lowest BCUT2D eigenvalue weighted by atomic mass is 10.0. The molecule has 0 aliphatic rings. The number of carbonyl (C=O) groups excluding carboxylic acids is 6. The van der Waals surface area contributed by atoms with Gasteiger partial charge in [-0.05, 0) is 72.8 Å². The fraction of sp³-hybridized carbons (Fsp3) is 0.143. The standard InChI is InChI=1S/C42H32N6O12.ClH/c49-37(27-7-1-13-43-19-27)55-25-33(57-39(51)29-9-3-15-45-21-29)35(59-41(53)31-11-5-17-47-23-31)36(60-42(54)32-12-6-18-48-24-32)34(58-40(52)30-10-4-16-46-22-30)26-56-38(50)28-8-2-14-44-20-28;/h1-24,33-36H,25-26H2;1H/t33-,34+,35-,36-;/m1./s1. The molecule has 0 saturated carbocycles. The zero-order chi connectivity index (χ0) is 42.1. The largest absolute Gasteiger partial charge is 0.458 e. The Hall–Kier alpha value is -7.99. The van der Waals surface area contributed by atoms with E-state index in [9.17, 15) is 28.8 Å². The van der Waals surface area contributed by atoms with Crippen LogP contribution in [0.15, 0.2) is 147 Å². The van der Waals surface area contributed by atoms with E-state index in [0.717, 1.165) is 0 Å². The molecule has 4 atom stereocenters. The highest BCUT2D eigenvalue weighted by atomic mass is 35.5.